The van der Waals surface area contributed by atoms with E-state index in [-0.39, 0.29) is 12.6 Å². The number of hydrogen-bond donors (Lipinski definition) is 4. The molecule has 0 aliphatic carbocycles. The normalized spacial score (nSPS) is 10.7. The summed E-state index contributed by atoms with van der Waals surface area (Å²) in [5.74, 6) is 0. The van der Waals surface area contributed by atoms with E-state index in [1.165, 1.54) is 0 Å². The number of aliphatic hydroxyl groups excluding tert-OH is 1. The second kappa shape index (κ2) is 7.17. The molecule has 0 spiro atoms. The van der Waals surface area contributed by atoms with Gasteiger partial charge in [0.05, 0.1) is 0 Å². The van der Waals surface area contributed by atoms with Crippen molar-refractivity contribution in [3.8, 4) is 0 Å². The highest BCUT2D eigenvalue weighted by molar-refractivity contribution is 6.31. The van der Waals surface area contributed by atoms with Gasteiger partial charge in [-0.25, -0.2) is 4.79 Å². The summed E-state index contributed by atoms with van der Waals surface area (Å²) in [6.07, 6.45) is 3.23. The Labute approximate surface area is 122 Å². The highest BCUT2D eigenvalue weighted by Gasteiger charge is 2.05. The van der Waals surface area contributed by atoms with E-state index in [2.05, 4.69) is 15.6 Å². The van der Waals surface area contributed by atoms with E-state index in [1.807, 2.05) is 24.4 Å². The molecule has 0 saturated carbocycles. The van der Waals surface area contributed by atoms with Gasteiger partial charge in [0, 0.05) is 41.8 Å². The maximum absolute atomic E-state index is 11.4. The fraction of sp³-hybridized carbons (Fsp3) is 0.357. The number of aromatic nitrogens is 1. The maximum Gasteiger partial charge on any atom is 0.314 e. The highest BCUT2D eigenvalue weighted by Crippen LogP contribution is 2.22. The van der Waals surface area contributed by atoms with Gasteiger partial charge >= 0.3 is 6.03 Å². The molecule has 108 valence electrons. The van der Waals surface area contributed by atoms with Crippen LogP contribution in [0.5, 0.6) is 0 Å². The average Bonchev–Trinajstić information content (AvgIpc) is 2.82. The number of rotatable bonds is 6. The molecule has 1 aromatic carbocycles. The number of H-pyrrole nitrogens is 1. The number of amides is 2. The number of carbonyl (C=O) groups is 1. The van der Waals surface area contributed by atoms with E-state index in [0.29, 0.717) is 24.5 Å². The molecule has 0 atom stereocenters. The van der Waals surface area contributed by atoms with Crippen LogP contribution < -0.4 is 10.6 Å². The lowest BCUT2D eigenvalue weighted by molar-refractivity contribution is 0.238. The van der Waals surface area contributed by atoms with E-state index in [4.69, 9.17) is 16.7 Å². The van der Waals surface area contributed by atoms with Gasteiger partial charge in [0.2, 0.25) is 0 Å². The molecule has 2 amide bonds. The van der Waals surface area contributed by atoms with E-state index in [0.717, 1.165) is 22.9 Å². The highest BCUT2D eigenvalue weighted by atomic mass is 35.5. The van der Waals surface area contributed by atoms with Crippen LogP contribution in [0.15, 0.2) is 24.4 Å². The van der Waals surface area contributed by atoms with Gasteiger partial charge in [0.15, 0.2) is 0 Å². The van der Waals surface area contributed by atoms with E-state index in [9.17, 15) is 4.79 Å². The predicted molar refractivity (Wildman–Crippen MR) is 80.1 cm³/mol. The zero-order valence-electron chi connectivity index (χ0n) is 11.1. The second-order valence-corrected chi connectivity index (χ2v) is 4.95. The zero-order chi connectivity index (χ0) is 14.4. The van der Waals surface area contributed by atoms with Crippen molar-refractivity contribution in [2.75, 3.05) is 19.7 Å². The fourth-order valence-corrected chi connectivity index (χ4v) is 2.18. The first-order valence-electron chi connectivity index (χ1n) is 6.59. The molecule has 0 saturated heterocycles. The number of carbonyl (C=O) groups excluding carboxylic acids is 1. The molecule has 0 aliphatic heterocycles. The minimum absolute atomic E-state index is 0.0797. The van der Waals surface area contributed by atoms with Crippen molar-refractivity contribution in [2.45, 2.75) is 12.8 Å². The molecule has 2 aromatic rings. The van der Waals surface area contributed by atoms with Crippen molar-refractivity contribution in [2.24, 2.45) is 0 Å². The molecule has 0 fully saturated rings. The Kier molecular flexibility index (Phi) is 5.26. The predicted octanol–water partition coefficient (Wildman–Crippen LogP) is 2.05. The number of hydrogen-bond acceptors (Lipinski definition) is 2. The Morgan fingerprint density at radius 1 is 1.30 bits per heavy atom. The minimum atomic E-state index is -0.212. The largest absolute Gasteiger partial charge is 0.396 e. The number of aliphatic hydroxyl groups is 1. The van der Waals surface area contributed by atoms with Gasteiger partial charge in [-0.05, 0) is 36.6 Å². The summed E-state index contributed by atoms with van der Waals surface area (Å²) in [5.41, 5.74) is 2.16. The van der Waals surface area contributed by atoms with Crippen LogP contribution in [0.2, 0.25) is 5.02 Å². The maximum atomic E-state index is 11.4. The number of fused-ring (bicyclic) bond motifs is 1. The summed E-state index contributed by atoms with van der Waals surface area (Å²) >= 11 is 5.99. The van der Waals surface area contributed by atoms with Gasteiger partial charge < -0.3 is 20.7 Å². The molecule has 1 aromatic heterocycles. The quantitative estimate of drug-likeness (QED) is 0.616. The lowest BCUT2D eigenvalue weighted by Crippen LogP contribution is -2.37. The summed E-state index contributed by atoms with van der Waals surface area (Å²) in [5, 5.41) is 15.9. The first kappa shape index (κ1) is 14.7. The van der Waals surface area contributed by atoms with E-state index in [1.54, 1.807) is 0 Å². The molecule has 6 heteroatoms. The molecular weight excluding hydrogens is 278 g/mol. The summed E-state index contributed by atoms with van der Waals surface area (Å²) in [6, 6.07) is 5.49. The van der Waals surface area contributed by atoms with Crippen molar-refractivity contribution in [1.29, 1.82) is 0 Å². The van der Waals surface area contributed by atoms with Gasteiger partial charge in [-0.2, -0.15) is 0 Å². The Balaban J connectivity index is 1.84. The molecule has 4 N–H and O–H groups in total. The number of benzene rings is 1. The van der Waals surface area contributed by atoms with Gasteiger partial charge in [-0.15, -0.1) is 0 Å². The summed E-state index contributed by atoms with van der Waals surface area (Å²) in [7, 11) is 0. The van der Waals surface area contributed by atoms with Crippen LogP contribution in [0.3, 0.4) is 0 Å². The van der Waals surface area contributed by atoms with Crippen LogP contribution in [0.1, 0.15) is 12.0 Å². The van der Waals surface area contributed by atoms with Gasteiger partial charge in [-0.3, -0.25) is 0 Å². The van der Waals surface area contributed by atoms with Crippen molar-refractivity contribution >= 4 is 28.5 Å². The Morgan fingerprint density at radius 2 is 2.10 bits per heavy atom. The summed E-state index contributed by atoms with van der Waals surface area (Å²) in [4.78, 5) is 14.6. The molecular formula is C14H18ClN3O2. The Morgan fingerprint density at radius 3 is 2.90 bits per heavy atom. The minimum Gasteiger partial charge on any atom is -0.396 e. The number of urea groups is 1. The fourth-order valence-electron chi connectivity index (χ4n) is 2.01. The standard InChI is InChI=1S/C14H18ClN3O2/c15-11-2-3-13-12(8-11)10(9-18-13)4-6-17-14(20)16-5-1-7-19/h2-3,8-9,18-19H,1,4-7H2,(H2,16,17,20). The lowest BCUT2D eigenvalue weighted by atomic mass is 10.1. The number of nitrogens with one attached hydrogen (secondary N) is 3. The van der Waals surface area contributed by atoms with Crippen LogP contribution in [0, 0.1) is 0 Å². The molecule has 1 heterocycles. The van der Waals surface area contributed by atoms with Crippen molar-refractivity contribution < 1.29 is 9.90 Å². The zero-order valence-corrected chi connectivity index (χ0v) is 11.8. The smallest absolute Gasteiger partial charge is 0.314 e. The van der Waals surface area contributed by atoms with E-state index >= 15 is 0 Å². The Hall–Kier alpha value is -1.72. The van der Waals surface area contributed by atoms with Crippen LogP contribution >= 0.6 is 11.6 Å². The van der Waals surface area contributed by atoms with Crippen LogP contribution in [-0.2, 0) is 6.42 Å². The van der Waals surface area contributed by atoms with Crippen molar-refractivity contribution in [1.82, 2.24) is 15.6 Å². The monoisotopic (exact) mass is 295 g/mol. The molecule has 5 nitrogen and oxygen atoms in total. The molecule has 0 aliphatic rings. The second-order valence-electron chi connectivity index (χ2n) is 4.51. The third-order valence-electron chi connectivity index (χ3n) is 3.03. The first-order valence-corrected chi connectivity index (χ1v) is 6.96. The summed E-state index contributed by atoms with van der Waals surface area (Å²) < 4.78 is 0. The van der Waals surface area contributed by atoms with Gasteiger partial charge in [-0.1, -0.05) is 11.6 Å². The molecule has 0 unspecified atom stereocenters. The Bertz CT molecular complexity index is 583. The molecule has 2 rings (SSSR count). The first-order chi connectivity index (χ1) is 9.70. The molecule has 0 bridgehead atoms. The lowest BCUT2D eigenvalue weighted by Gasteiger charge is -2.06. The third-order valence-corrected chi connectivity index (χ3v) is 3.26. The van der Waals surface area contributed by atoms with Gasteiger partial charge in [0.1, 0.15) is 0 Å². The number of halogens is 1. The number of aromatic amines is 1. The third kappa shape index (κ3) is 3.88. The SMILES string of the molecule is O=C(NCCCO)NCCc1c[nH]c2ccc(Cl)cc12. The molecule has 0 radical (unpaired) electrons. The van der Waals surface area contributed by atoms with Crippen LogP contribution in [0.25, 0.3) is 10.9 Å². The molecule has 20 heavy (non-hydrogen) atoms. The average molecular weight is 296 g/mol. The van der Waals surface area contributed by atoms with Gasteiger partial charge in [0.25, 0.3) is 0 Å². The van der Waals surface area contributed by atoms with Crippen molar-refractivity contribution in [3.63, 3.8) is 0 Å². The van der Waals surface area contributed by atoms with Crippen LogP contribution in [0.4, 0.5) is 4.79 Å². The topological polar surface area (TPSA) is 77.2 Å². The van der Waals surface area contributed by atoms with E-state index < -0.39 is 0 Å². The van der Waals surface area contributed by atoms with Crippen molar-refractivity contribution in [3.05, 3.63) is 35.0 Å². The summed E-state index contributed by atoms with van der Waals surface area (Å²) in [6.45, 7) is 1.10. The van der Waals surface area contributed by atoms with Crippen LogP contribution in [-0.4, -0.2) is 35.8 Å².